The van der Waals surface area contributed by atoms with E-state index in [1.165, 1.54) is 11.1 Å². The Balaban J connectivity index is 1.97. The number of anilines is 1. The van der Waals surface area contributed by atoms with Gasteiger partial charge in [0.2, 0.25) is 0 Å². The van der Waals surface area contributed by atoms with Crippen LogP contribution >= 0.6 is 15.9 Å². The molecule has 0 bridgehead atoms. The van der Waals surface area contributed by atoms with E-state index in [1.807, 2.05) is 32.0 Å². The van der Waals surface area contributed by atoms with Gasteiger partial charge in [-0.2, -0.15) is 0 Å². The van der Waals surface area contributed by atoms with Crippen LogP contribution in [0.1, 0.15) is 22.3 Å². The molecule has 0 atom stereocenters. The topological polar surface area (TPSA) is 42.2 Å². The maximum absolute atomic E-state index is 11.8. The van der Waals surface area contributed by atoms with Crippen LogP contribution in [-0.2, 0) is 6.54 Å². The number of halogens is 1. The van der Waals surface area contributed by atoms with Crippen molar-refractivity contribution < 1.29 is 4.42 Å². The molecule has 0 aliphatic carbocycles. The fourth-order valence-electron chi connectivity index (χ4n) is 2.58. The van der Waals surface area contributed by atoms with Gasteiger partial charge in [0.25, 0.3) is 0 Å². The molecule has 0 aliphatic rings. The van der Waals surface area contributed by atoms with Crippen LogP contribution < -0.4 is 10.9 Å². The van der Waals surface area contributed by atoms with E-state index in [4.69, 9.17) is 4.42 Å². The summed E-state index contributed by atoms with van der Waals surface area (Å²) in [6, 6.07) is 11.7. The molecule has 0 spiro atoms. The molecule has 3 nitrogen and oxygen atoms in total. The number of benzene rings is 2. The summed E-state index contributed by atoms with van der Waals surface area (Å²) in [5, 5.41) is 4.36. The van der Waals surface area contributed by atoms with E-state index in [2.05, 4.69) is 40.3 Å². The lowest BCUT2D eigenvalue weighted by Crippen LogP contribution is -2.06. The molecule has 1 N–H and O–H groups in total. The number of aryl methyl sites for hydroxylation is 3. The fraction of sp³-hybridized carbons (Fsp3) is 0.211. The molecule has 0 amide bonds. The first-order valence-electron chi connectivity index (χ1n) is 7.48. The standard InChI is InChI=1S/C19H18BrNO2/c1-11-7-16-14(9-19(22)23-18(16)8-12(11)2)10-21-15-4-5-17(20)13(3)6-15/h4-9,21H,10H2,1-3H3. The van der Waals surface area contributed by atoms with Crippen molar-refractivity contribution in [3.63, 3.8) is 0 Å². The summed E-state index contributed by atoms with van der Waals surface area (Å²) in [5.41, 5.74) is 5.77. The lowest BCUT2D eigenvalue weighted by molar-refractivity contribution is 0.559. The zero-order valence-corrected chi connectivity index (χ0v) is 15.0. The van der Waals surface area contributed by atoms with E-state index >= 15 is 0 Å². The molecule has 23 heavy (non-hydrogen) atoms. The van der Waals surface area contributed by atoms with E-state index < -0.39 is 0 Å². The molecule has 0 fully saturated rings. The minimum atomic E-state index is -0.315. The summed E-state index contributed by atoms with van der Waals surface area (Å²) >= 11 is 3.50. The maximum atomic E-state index is 11.8. The molecule has 1 heterocycles. The van der Waals surface area contributed by atoms with Crippen LogP contribution in [0, 0.1) is 20.8 Å². The lowest BCUT2D eigenvalue weighted by atomic mass is 10.0. The largest absolute Gasteiger partial charge is 0.423 e. The van der Waals surface area contributed by atoms with E-state index in [-0.39, 0.29) is 5.63 Å². The number of nitrogens with one attached hydrogen (secondary N) is 1. The van der Waals surface area contributed by atoms with Gasteiger partial charge in [0.05, 0.1) is 0 Å². The zero-order valence-electron chi connectivity index (χ0n) is 13.4. The first kappa shape index (κ1) is 15.8. The van der Waals surface area contributed by atoms with Crippen molar-refractivity contribution in [1.29, 1.82) is 0 Å². The van der Waals surface area contributed by atoms with E-state index in [9.17, 15) is 4.79 Å². The van der Waals surface area contributed by atoms with Crippen LogP contribution in [0.5, 0.6) is 0 Å². The summed E-state index contributed by atoms with van der Waals surface area (Å²) in [5.74, 6) is 0. The smallest absolute Gasteiger partial charge is 0.336 e. The number of hydrogen-bond acceptors (Lipinski definition) is 3. The van der Waals surface area contributed by atoms with Gasteiger partial charge in [-0.15, -0.1) is 0 Å². The highest BCUT2D eigenvalue weighted by Crippen LogP contribution is 2.24. The molecule has 4 heteroatoms. The minimum Gasteiger partial charge on any atom is -0.423 e. The minimum absolute atomic E-state index is 0.315. The van der Waals surface area contributed by atoms with Crippen molar-refractivity contribution in [2.24, 2.45) is 0 Å². The first-order chi connectivity index (χ1) is 10.9. The predicted molar refractivity (Wildman–Crippen MR) is 98.2 cm³/mol. The summed E-state index contributed by atoms with van der Waals surface area (Å²) in [4.78, 5) is 11.8. The second-order valence-electron chi connectivity index (χ2n) is 5.84. The molecule has 0 unspecified atom stereocenters. The SMILES string of the molecule is Cc1cc2oc(=O)cc(CNc3ccc(Br)c(C)c3)c2cc1C. The molecular formula is C19H18BrNO2. The highest BCUT2D eigenvalue weighted by atomic mass is 79.9. The summed E-state index contributed by atoms with van der Waals surface area (Å²) in [7, 11) is 0. The third-order valence-corrected chi connectivity index (χ3v) is 4.98. The normalized spacial score (nSPS) is 11.0. The number of rotatable bonds is 3. The summed E-state index contributed by atoms with van der Waals surface area (Å²) in [6.45, 7) is 6.71. The number of fused-ring (bicyclic) bond motifs is 1. The van der Waals surface area contributed by atoms with Gasteiger partial charge in [-0.25, -0.2) is 4.79 Å². The van der Waals surface area contributed by atoms with E-state index in [1.54, 1.807) is 6.07 Å². The average Bonchev–Trinajstić information content (AvgIpc) is 2.50. The highest BCUT2D eigenvalue weighted by Gasteiger charge is 2.08. The Kier molecular flexibility index (Phi) is 4.26. The highest BCUT2D eigenvalue weighted by molar-refractivity contribution is 9.10. The average molecular weight is 372 g/mol. The Morgan fingerprint density at radius 3 is 2.48 bits per heavy atom. The maximum Gasteiger partial charge on any atom is 0.336 e. The molecule has 0 saturated carbocycles. The molecule has 118 valence electrons. The number of hydrogen-bond donors (Lipinski definition) is 1. The van der Waals surface area contributed by atoms with E-state index in [0.717, 1.165) is 26.7 Å². The third-order valence-electron chi connectivity index (χ3n) is 4.09. The van der Waals surface area contributed by atoms with Gasteiger partial charge in [0.1, 0.15) is 5.58 Å². The predicted octanol–water partition coefficient (Wildman–Crippen LogP) is 5.09. The van der Waals surface area contributed by atoms with Crippen molar-refractivity contribution >= 4 is 32.6 Å². The first-order valence-corrected chi connectivity index (χ1v) is 8.27. The monoisotopic (exact) mass is 371 g/mol. The van der Waals surface area contributed by atoms with Crippen LogP contribution in [0.15, 0.2) is 50.1 Å². The Morgan fingerprint density at radius 2 is 1.74 bits per heavy atom. The molecule has 0 aliphatic heterocycles. The van der Waals surface area contributed by atoms with Crippen molar-refractivity contribution in [3.05, 3.63) is 73.5 Å². The molecule has 0 radical (unpaired) electrons. The van der Waals surface area contributed by atoms with Crippen LogP contribution in [0.2, 0.25) is 0 Å². The van der Waals surface area contributed by atoms with Crippen molar-refractivity contribution in [1.82, 2.24) is 0 Å². The van der Waals surface area contributed by atoms with Crippen LogP contribution in [0.3, 0.4) is 0 Å². The molecule has 2 aromatic carbocycles. The Labute approximate surface area is 143 Å². The quantitative estimate of drug-likeness (QED) is 0.651. The van der Waals surface area contributed by atoms with Crippen molar-refractivity contribution in [2.75, 3.05) is 5.32 Å². The lowest BCUT2D eigenvalue weighted by Gasteiger charge is -2.11. The van der Waals surface area contributed by atoms with E-state index in [0.29, 0.717) is 12.1 Å². The van der Waals surface area contributed by atoms with Gasteiger partial charge in [0, 0.05) is 28.2 Å². The molecule has 3 rings (SSSR count). The second kappa shape index (κ2) is 6.20. The molecular weight excluding hydrogens is 354 g/mol. The molecule has 0 saturated heterocycles. The van der Waals surface area contributed by atoms with Gasteiger partial charge in [-0.3, -0.25) is 0 Å². The van der Waals surface area contributed by atoms with Gasteiger partial charge >= 0.3 is 5.63 Å². The second-order valence-corrected chi connectivity index (χ2v) is 6.70. The van der Waals surface area contributed by atoms with Crippen LogP contribution in [0.25, 0.3) is 11.0 Å². The van der Waals surface area contributed by atoms with Crippen LogP contribution in [-0.4, -0.2) is 0 Å². The van der Waals surface area contributed by atoms with Gasteiger partial charge in [-0.05, 0) is 73.4 Å². The Hall–Kier alpha value is -2.07. The third kappa shape index (κ3) is 3.32. The van der Waals surface area contributed by atoms with Crippen LogP contribution in [0.4, 0.5) is 5.69 Å². The van der Waals surface area contributed by atoms with Crippen molar-refractivity contribution in [3.8, 4) is 0 Å². The van der Waals surface area contributed by atoms with Crippen molar-refractivity contribution in [2.45, 2.75) is 27.3 Å². The molecule has 1 aromatic heterocycles. The van der Waals surface area contributed by atoms with Gasteiger partial charge < -0.3 is 9.73 Å². The Morgan fingerprint density at radius 1 is 1.00 bits per heavy atom. The van der Waals surface area contributed by atoms with Gasteiger partial charge in [0.15, 0.2) is 0 Å². The Bertz CT molecular complexity index is 944. The summed E-state index contributed by atoms with van der Waals surface area (Å²) < 4.78 is 6.42. The zero-order chi connectivity index (χ0) is 16.6. The summed E-state index contributed by atoms with van der Waals surface area (Å²) in [6.07, 6.45) is 0. The molecule has 3 aromatic rings. The van der Waals surface area contributed by atoms with Gasteiger partial charge in [-0.1, -0.05) is 15.9 Å². The fourth-order valence-corrected chi connectivity index (χ4v) is 2.83.